The van der Waals surface area contributed by atoms with Gasteiger partial charge in [0.15, 0.2) is 0 Å². The van der Waals surface area contributed by atoms with Gasteiger partial charge in [0, 0.05) is 28.4 Å². The highest BCUT2D eigenvalue weighted by atomic mass is 32.1. The first-order valence-corrected chi connectivity index (χ1v) is 7.77. The fraction of sp³-hybridized carbons (Fsp3) is 0.375. The Kier molecular flexibility index (Phi) is 4.35. The molecule has 2 aromatic rings. The van der Waals surface area contributed by atoms with Gasteiger partial charge in [-0.3, -0.25) is 0 Å². The highest BCUT2D eigenvalue weighted by molar-refractivity contribution is 7.15. The van der Waals surface area contributed by atoms with Crippen molar-refractivity contribution >= 4 is 11.3 Å². The number of aliphatic hydroxyl groups excluding tert-OH is 1. The quantitative estimate of drug-likeness (QED) is 0.862. The van der Waals surface area contributed by atoms with Gasteiger partial charge in [0.1, 0.15) is 5.82 Å². The molecule has 0 bridgehead atoms. The summed E-state index contributed by atoms with van der Waals surface area (Å²) in [5.41, 5.74) is 0.527. The molecule has 0 spiro atoms. The van der Waals surface area contributed by atoms with Crippen LogP contribution in [0.2, 0.25) is 0 Å². The van der Waals surface area contributed by atoms with Gasteiger partial charge in [-0.25, -0.2) is 4.39 Å². The molecule has 1 aromatic carbocycles. The van der Waals surface area contributed by atoms with Crippen molar-refractivity contribution in [2.75, 3.05) is 26.4 Å². The van der Waals surface area contributed by atoms with Gasteiger partial charge >= 0.3 is 0 Å². The minimum absolute atomic E-state index is 0.119. The van der Waals surface area contributed by atoms with E-state index in [9.17, 15) is 9.50 Å². The van der Waals surface area contributed by atoms with Crippen molar-refractivity contribution < 1.29 is 14.2 Å². The summed E-state index contributed by atoms with van der Waals surface area (Å²) >= 11 is 1.59. The summed E-state index contributed by atoms with van der Waals surface area (Å²) in [5.74, 6) is -0.190. The maximum Gasteiger partial charge on any atom is 0.131 e. The van der Waals surface area contributed by atoms with Crippen LogP contribution in [0.4, 0.5) is 4.39 Å². The van der Waals surface area contributed by atoms with E-state index in [4.69, 9.17) is 4.74 Å². The van der Waals surface area contributed by atoms with E-state index in [-0.39, 0.29) is 17.8 Å². The van der Waals surface area contributed by atoms with Crippen molar-refractivity contribution in [1.82, 2.24) is 5.32 Å². The fourth-order valence-corrected chi connectivity index (χ4v) is 3.37. The van der Waals surface area contributed by atoms with Gasteiger partial charge in [-0.1, -0.05) is 18.2 Å². The van der Waals surface area contributed by atoms with Crippen LogP contribution in [0.3, 0.4) is 0 Å². The van der Waals surface area contributed by atoms with E-state index >= 15 is 0 Å². The van der Waals surface area contributed by atoms with Gasteiger partial charge in [-0.15, -0.1) is 11.3 Å². The van der Waals surface area contributed by atoms with Gasteiger partial charge in [0.2, 0.25) is 0 Å². The third kappa shape index (κ3) is 3.16. The second kappa shape index (κ2) is 6.23. The maximum absolute atomic E-state index is 13.7. The van der Waals surface area contributed by atoms with Crippen molar-refractivity contribution in [3.8, 4) is 10.4 Å². The number of ether oxygens (including phenoxy) is 1. The van der Waals surface area contributed by atoms with Crippen molar-refractivity contribution in [2.24, 2.45) is 5.41 Å². The third-order valence-electron chi connectivity index (χ3n) is 3.75. The number of nitrogens with one attached hydrogen (secondary N) is 1. The predicted octanol–water partition coefficient (Wildman–Crippen LogP) is 2.65. The first-order valence-electron chi connectivity index (χ1n) is 6.95. The van der Waals surface area contributed by atoms with Crippen molar-refractivity contribution in [1.29, 1.82) is 0 Å². The van der Waals surface area contributed by atoms with Crippen LogP contribution in [-0.2, 0) is 11.3 Å². The Morgan fingerprint density at radius 3 is 2.71 bits per heavy atom. The largest absolute Gasteiger partial charge is 0.396 e. The molecule has 1 aromatic heterocycles. The monoisotopic (exact) mass is 307 g/mol. The Hall–Kier alpha value is -1.27. The summed E-state index contributed by atoms with van der Waals surface area (Å²) in [6.45, 7) is 2.82. The van der Waals surface area contributed by atoms with E-state index in [2.05, 4.69) is 5.32 Å². The van der Waals surface area contributed by atoms with Crippen molar-refractivity contribution in [2.45, 2.75) is 6.54 Å². The zero-order chi connectivity index (χ0) is 14.7. The van der Waals surface area contributed by atoms with Crippen LogP contribution in [0.5, 0.6) is 0 Å². The average molecular weight is 307 g/mol. The molecule has 1 saturated heterocycles. The van der Waals surface area contributed by atoms with Crippen LogP contribution in [0.25, 0.3) is 10.4 Å². The molecule has 3 nitrogen and oxygen atoms in total. The van der Waals surface area contributed by atoms with E-state index in [1.807, 2.05) is 18.2 Å². The molecule has 2 heterocycles. The molecule has 3 rings (SSSR count). The van der Waals surface area contributed by atoms with Gasteiger partial charge in [-0.2, -0.15) is 0 Å². The van der Waals surface area contributed by atoms with Gasteiger partial charge in [-0.05, 0) is 18.2 Å². The highest BCUT2D eigenvalue weighted by Gasteiger charge is 2.37. The van der Waals surface area contributed by atoms with E-state index < -0.39 is 0 Å². The molecule has 21 heavy (non-hydrogen) atoms. The second-order valence-electron chi connectivity index (χ2n) is 5.50. The van der Waals surface area contributed by atoms with Crippen LogP contribution >= 0.6 is 11.3 Å². The molecule has 0 amide bonds. The van der Waals surface area contributed by atoms with Crippen LogP contribution in [0.15, 0.2) is 36.4 Å². The van der Waals surface area contributed by atoms with Crippen LogP contribution in [0.1, 0.15) is 4.88 Å². The van der Waals surface area contributed by atoms with Gasteiger partial charge in [0.05, 0.1) is 25.2 Å². The lowest BCUT2D eigenvalue weighted by molar-refractivity contribution is -0.134. The number of halogens is 1. The summed E-state index contributed by atoms with van der Waals surface area (Å²) in [4.78, 5) is 2.09. The third-order valence-corrected chi connectivity index (χ3v) is 4.87. The van der Waals surface area contributed by atoms with E-state index in [0.29, 0.717) is 18.8 Å². The molecule has 0 atom stereocenters. The molecule has 5 heteroatoms. The Balaban J connectivity index is 1.59. The summed E-state index contributed by atoms with van der Waals surface area (Å²) in [6.07, 6.45) is 0. The minimum atomic E-state index is -0.190. The van der Waals surface area contributed by atoms with E-state index in [0.717, 1.165) is 22.8 Å². The zero-order valence-electron chi connectivity index (χ0n) is 11.6. The lowest BCUT2D eigenvalue weighted by Crippen LogP contribution is -2.52. The minimum Gasteiger partial charge on any atom is -0.396 e. The molecular weight excluding hydrogens is 289 g/mol. The highest BCUT2D eigenvalue weighted by Crippen LogP contribution is 2.30. The topological polar surface area (TPSA) is 41.5 Å². The lowest BCUT2D eigenvalue weighted by Gasteiger charge is -2.39. The molecule has 1 fully saturated rings. The Morgan fingerprint density at radius 2 is 2.05 bits per heavy atom. The number of aliphatic hydroxyl groups is 1. The fourth-order valence-electron chi connectivity index (χ4n) is 2.37. The summed E-state index contributed by atoms with van der Waals surface area (Å²) in [7, 11) is 0. The zero-order valence-corrected chi connectivity index (χ0v) is 12.5. The second-order valence-corrected chi connectivity index (χ2v) is 6.67. The predicted molar refractivity (Wildman–Crippen MR) is 81.8 cm³/mol. The summed E-state index contributed by atoms with van der Waals surface area (Å²) in [6, 6.07) is 10.8. The summed E-state index contributed by atoms with van der Waals surface area (Å²) in [5, 5.41) is 12.7. The molecule has 0 saturated carbocycles. The number of benzene rings is 1. The average Bonchev–Trinajstić information content (AvgIpc) is 2.91. The van der Waals surface area contributed by atoms with Crippen LogP contribution in [-0.4, -0.2) is 31.5 Å². The number of hydrogen-bond donors (Lipinski definition) is 2. The summed E-state index contributed by atoms with van der Waals surface area (Å²) < 4.78 is 18.9. The van der Waals surface area contributed by atoms with Crippen molar-refractivity contribution in [3.05, 3.63) is 47.1 Å². The molecule has 2 N–H and O–H groups in total. The number of hydrogen-bond acceptors (Lipinski definition) is 4. The Labute approximate surface area is 127 Å². The number of rotatable bonds is 6. The lowest BCUT2D eigenvalue weighted by atomic mass is 9.87. The first kappa shape index (κ1) is 14.7. The van der Waals surface area contributed by atoms with Crippen LogP contribution < -0.4 is 5.32 Å². The van der Waals surface area contributed by atoms with Gasteiger partial charge < -0.3 is 15.2 Å². The Bertz CT molecular complexity index is 604. The smallest absolute Gasteiger partial charge is 0.131 e. The first-order chi connectivity index (χ1) is 10.2. The molecule has 0 unspecified atom stereocenters. The van der Waals surface area contributed by atoms with Gasteiger partial charge in [0.25, 0.3) is 0 Å². The van der Waals surface area contributed by atoms with E-state index in [1.165, 1.54) is 6.07 Å². The molecule has 1 aliphatic rings. The van der Waals surface area contributed by atoms with E-state index in [1.54, 1.807) is 23.5 Å². The maximum atomic E-state index is 13.7. The number of thiophene rings is 1. The van der Waals surface area contributed by atoms with Crippen molar-refractivity contribution in [3.63, 3.8) is 0 Å². The molecule has 0 radical (unpaired) electrons. The Morgan fingerprint density at radius 1 is 1.24 bits per heavy atom. The SMILES string of the molecule is OCC1(CNCc2ccc(-c3ccccc3F)s2)COC1. The molecule has 1 aliphatic heterocycles. The normalized spacial score (nSPS) is 16.7. The molecule has 0 aliphatic carbocycles. The molecular formula is C16H18FNO2S. The molecule has 112 valence electrons. The standard InChI is InChI=1S/C16H18FNO2S/c17-14-4-2-1-3-13(14)15-6-5-12(21-15)7-18-8-16(9-19)10-20-11-16/h1-6,18-19H,7-11H2. The van der Waals surface area contributed by atoms with Crippen LogP contribution in [0, 0.1) is 11.2 Å².